The summed E-state index contributed by atoms with van der Waals surface area (Å²) < 4.78 is 0. The molecule has 90 valence electrons. The number of rotatable bonds is 2. The van der Waals surface area contributed by atoms with Crippen LogP contribution in [-0.2, 0) is 6.42 Å². The van der Waals surface area contributed by atoms with Gasteiger partial charge in [0.05, 0.1) is 18.0 Å². The molecular formula is C14H19N3. The van der Waals surface area contributed by atoms with Crippen molar-refractivity contribution in [2.24, 2.45) is 0 Å². The molecule has 0 amide bonds. The summed E-state index contributed by atoms with van der Waals surface area (Å²) in [5.74, 6) is 0. The lowest BCUT2D eigenvalue weighted by Gasteiger charge is -2.25. The smallest absolute Gasteiger partial charge is 0.0683 e. The molecule has 2 aliphatic heterocycles. The first-order valence-corrected chi connectivity index (χ1v) is 6.41. The van der Waals surface area contributed by atoms with Crippen molar-refractivity contribution in [2.45, 2.75) is 13.3 Å². The number of nitrogens with zero attached hydrogens (tertiary/aromatic N) is 1. The average molecular weight is 229 g/mol. The van der Waals surface area contributed by atoms with Gasteiger partial charge in [-0.1, -0.05) is 19.1 Å². The van der Waals surface area contributed by atoms with Gasteiger partial charge < -0.3 is 10.2 Å². The average Bonchev–Trinajstić information content (AvgIpc) is 2.91. The first-order chi connectivity index (χ1) is 8.38. The van der Waals surface area contributed by atoms with Crippen LogP contribution < -0.4 is 15.5 Å². The lowest BCUT2D eigenvalue weighted by molar-refractivity contribution is 0.855. The van der Waals surface area contributed by atoms with E-state index in [0.29, 0.717) is 0 Å². The first kappa shape index (κ1) is 10.7. The second-order valence-electron chi connectivity index (χ2n) is 4.64. The van der Waals surface area contributed by atoms with E-state index in [9.17, 15) is 0 Å². The van der Waals surface area contributed by atoms with E-state index in [1.807, 2.05) is 0 Å². The van der Waals surface area contributed by atoms with Crippen molar-refractivity contribution in [3.63, 3.8) is 0 Å². The number of nitrogens with one attached hydrogen (secondary N) is 2. The van der Waals surface area contributed by atoms with Gasteiger partial charge in [0, 0.05) is 19.6 Å². The predicted molar refractivity (Wildman–Crippen MR) is 73.6 cm³/mol. The standard InChI is InChI=1S/C14H19N3/c1-2-11-8-12-4-3-5-16-14(12)13(9-11)17-7-6-15-10-17/h3-4,8-9,15-16H,2,5-7,10H2,1H3. The Hall–Kier alpha value is -1.48. The van der Waals surface area contributed by atoms with E-state index in [0.717, 1.165) is 32.7 Å². The van der Waals surface area contributed by atoms with Gasteiger partial charge >= 0.3 is 0 Å². The Balaban J connectivity index is 2.08. The molecule has 1 aromatic rings. The first-order valence-electron chi connectivity index (χ1n) is 6.41. The highest BCUT2D eigenvalue weighted by atomic mass is 15.3. The van der Waals surface area contributed by atoms with E-state index in [2.05, 4.69) is 46.7 Å². The second-order valence-corrected chi connectivity index (χ2v) is 4.64. The monoisotopic (exact) mass is 229 g/mol. The van der Waals surface area contributed by atoms with Crippen LogP contribution in [0.2, 0.25) is 0 Å². The maximum atomic E-state index is 3.50. The normalized spacial score (nSPS) is 18.1. The lowest BCUT2D eigenvalue weighted by atomic mass is 10.0. The zero-order chi connectivity index (χ0) is 11.7. The third-order valence-electron chi connectivity index (χ3n) is 3.51. The SMILES string of the molecule is CCc1cc2c(c(N3CCNC3)c1)NCC=C2. The molecule has 3 nitrogen and oxygen atoms in total. The van der Waals surface area contributed by atoms with Gasteiger partial charge in [-0.15, -0.1) is 0 Å². The highest BCUT2D eigenvalue weighted by molar-refractivity contribution is 5.83. The Morgan fingerprint density at radius 3 is 3.06 bits per heavy atom. The Kier molecular flexibility index (Phi) is 2.77. The molecule has 0 spiro atoms. The third-order valence-corrected chi connectivity index (χ3v) is 3.51. The number of aryl methyl sites for hydroxylation is 1. The molecule has 0 radical (unpaired) electrons. The van der Waals surface area contributed by atoms with E-state index >= 15 is 0 Å². The molecule has 1 aromatic carbocycles. The minimum atomic E-state index is 0.937. The number of hydrogen-bond acceptors (Lipinski definition) is 3. The molecule has 2 heterocycles. The van der Waals surface area contributed by atoms with E-state index in [4.69, 9.17) is 0 Å². The van der Waals surface area contributed by atoms with Crippen molar-refractivity contribution in [3.8, 4) is 0 Å². The quantitative estimate of drug-likeness (QED) is 0.813. The molecule has 1 fully saturated rings. The molecule has 1 saturated heterocycles. The van der Waals surface area contributed by atoms with Crippen molar-refractivity contribution in [1.29, 1.82) is 0 Å². The number of anilines is 2. The molecule has 0 unspecified atom stereocenters. The van der Waals surface area contributed by atoms with Crippen molar-refractivity contribution >= 4 is 17.5 Å². The topological polar surface area (TPSA) is 27.3 Å². The Bertz CT molecular complexity index is 445. The van der Waals surface area contributed by atoms with Gasteiger partial charge in [0.1, 0.15) is 0 Å². The fourth-order valence-corrected chi connectivity index (χ4v) is 2.55. The second kappa shape index (κ2) is 4.41. The van der Waals surface area contributed by atoms with Crippen LogP contribution in [0.3, 0.4) is 0 Å². The zero-order valence-electron chi connectivity index (χ0n) is 10.3. The number of benzene rings is 1. The van der Waals surface area contributed by atoms with Crippen molar-refractivity contribution < 1.29 is 0 Å². The highest BCUT2D eigenvalue weighted by Crippen LogP contribution is 2.34. The van der Waals surface area contributed by atoms with Crippen LogP contribution in [0.4, 0.5) is 11.4 Å². The molecule has 0 bridgehead atoms. The molecular weight excluding hydrogens is 210 g/mol. The molecule has 0 saturated carbocycles. The summed E-state index contributed by atoms with van der Waals surface area (Å²) in [4.78, 5) is 2.42. The van der Waals surface area contributed by atoms with Crippen LogP contribution in [0.25, 0.3) is 6.08 Å². The molecule has 2 aliphatic rings. The summed E-state index contributed by atoms with van der Waals surface area (Å²) in [7, 11) is 0. The fourth-order valence-electron chi connectivity index (χ4n) is 2.55. The van der Waals surface area contributed by atoms with Crippen LogP contribution in [-0.4, -0.2) is 26.3 Å². The van der Waals surface area contributed by atoms with Gasteiger partial charge in [-0.25, -0.2) is 0 Å². The van der Waals surface area contributed by atoms with Gasteiger partial charge in [0.15, 0.2) is 0 Å². The summed E-state index contributed by atoms with van der Waals surface area (Å²) in [6.07, 6.45) is 5.52. The van der Waals surface area contributed by atoms with E-state index in [1.165, 1.54) is 22.5 Å². The van der Waals surface area contributed by atoms with Gasteiger partial charge in [-0.2, -0.15) is 0 Å². The van der Waals surface area contributed by atoms with Crippen LogP contribution in [0.1, 0.15) is 18.1 Å². The summed E-state index contributed by atoms with van der Waals surface area (Å²) in [5, 5.41) is 6.90. The number of fused-ring (bicyclic) bond motifs is 1. The third kappa shape index (κ3) is 1.91. The van der Waals surface area contributed by atoms with Gasteiger partial charge in [0.2, 0.25) is 0 Å². The Morgan fingerprint density at radius 2 is 2.29 bits per heavy atom. The summed E-state index contributed by atoms with van der Waals surface area (Å²) in [6.45, 7) is 6.30. The van der Waals surface area contributed by atoms with Crippen LogP contribution in [0.5, 0.6) is 0 Å². The van der Waals surface area contributed by atoms with Gasteiger partial charge in [-0.05, 0) is 29.7 Å². The van der Waals surface area contributed by atoms with Gasteiger partial charge in [0.25, 0.3) is 0 Å². The molecule has 3 heteroatoms. The highest BCUT2D eigenvalue weighted by Gasteiger charge is 2.18. The Labute approximate surface area is 103 Å². The van der Waals surface area contributed by atoms with Crippen molar-refractivity contribution in [3.05, 3.63) is 29.3 Å². The van der Waals surface area contributed by atoms with Crippen molar-refractivity contribution in [2.75, 3.05) is 36.5 Å². The van der Waals surface area contributed by atoms with E-state index in [-0.39, 0.29) is 0 Å². The maximum absolute atomic E-state index is 3.50. The lowest BCUT2D eigenvalue weighted by Crippen LogP contribution is -2.23. The molecule has 2 N–H and O–H groups in total. The minimum absolute atomic E-state index is 0.937. The largest absolute Gasteiger partial charge is 0.379 e. The summed E-state index contributed by atoms with van der Waals surface area (Å²) in [6, 6.07) is 4.63. The van der Waals surface area contributed by atoms with Gasteiger partial charge in [-0.3, -0.25) is 5.32 Å². The minimum Gasteiger partial charge on any atom is -0.379 e. The van der Waals surface area contributed by atoms with Crippen molar-refractivity contribution in [1.82, 2.24) is 5.32 Å². The molecule has 0 aliphatic carbocycles. The summed E-state index contributed by atoms with van der Waals surface area (Å²) in [5.41, 5.74) is 5.40. The van der Waals surface area contributed by atoms with E-state index in [1.54, 1.807) is 0 Å². The predicted octanol–water partition coefficient (Wildman–Crippen LogP) is 2.05. The van der Waals surface area contributed by atoms with E-state index < -0.39 is 0 Å². The van der Waals surface area contributed by atoms with Crippen LogP contribution in [0, 0.1) is 0 Å². The Morgan fingerprint density at radius 1 is 1.35 bits per heavy atom. The zero-order valence-corrected chi connectivity index (χ0v) is 10.3. The molecule has 3 rings (SSSR count). The molecule has 0 aromatic heterocycles. The number of hydrogen-bond donors (Lipinski definition) is 2. The summed E-state index contributed by atoms with van der Waals surface area (Å²) >= 11 is 0. The van der Waals surface area contributed by atoms with Crippen LogP contribution >= 0.6 is 0 Å². The fraction of sp³-hybridized carbons (Fsp3) is 0.429. The maximum Gasteiger partial charge on any atom is 0.0683 e. The molecule has 0 atom stereocenters. The van der Waals surface area contributed by atoms with Crippen LogP contribution in [0.15, 0.2) is 18.2 Å². The molecule has 17 heavy (non-hydrogen) atoms.